The molecule has 0 aromatic heterocycles. The Morgan fingerprint density at radius 1 is 0.658 bits per heavy atom. The van der Waals surface area contributed by atoms with Gasteiger partial charge in [0.25, 0.3) is 22.6 Å². The van der Waals surface area contributed by atoms with Crippen LogP contribution < -0.4 is 48.5 Å². The Kier molecular flexibility index (Phi) is 15.7. The molecule has 0 radical (unpaired) electrons. The molecule has 0 saturated heterocycles. The summed E-state index contributed by atoms with van der Waals surface area (Å²) in [6.45, 7) is 0. The van der Waals surface area contributed by atoms with Gasteiger partial charge in [0.1, 0.15) is 5.75 Å². The van der Waals surface area contributed by atoms with Gasteiger partial charge >= 0.3 is 32.2 Å². The topological polar surface area (TPSA) is 124 Å². The van der Waals surface area contributed by atoms with Gasteiger partial charge in [-0.1, -0.05) is 36.4 Å². The van der Waals surface area contributed by atoms with Crippen LogP contribution in [0.5, 0.6) is 5.75 Å². The van der Waals surface area contributed by atoms with Crippen molar-refractivity contribution >= 4 is 20.2 Å². The second kappa shape index (κ2) is 16.4. The van der Waals surface area contributed by atoms with Gasteiger partial charge in [0.2, 0.25) is 0 Å². The minimum atomic E-state index is -6.09. The van der Waals surface area contributed by atoms with Gasteiger partial charge in [-0.3, -0.25) is 0 Å². The fraction of sp³-hybridized carbons (Fsp3) is 0.143. The summed E-state index contributed by atoms with van der Waals surface area (Å²) < 4.78 is 127. The lowest BCUT2D eigenvalue weighted by Crippen LogP contribution is -3.61. The van der Waals surface area contributed by atoms with Crippen molar-refractivity contribution in [1.29, 1.82) is 0 Å². The Balaban J connectivity index is 0.000000514. The zero-order valence-electron chi connectivity index (χ0n) is 18.8. The molecule has 0 bridgehead atoms. The molecule has 0 heterocycles. The standard InChI is InChI=1S/C13H12IO.C6H6I.2CHF3O3S/c1-15-13-9-7-12(8-10-13)14-11-5-3-2-4-6-11;7-6-4-2-1-3-5-6;2*2-1(3,4)8(5,6)7/h2-10H,1H3;1-5,7H;2*(H,5,6,7)/q2*+1;;/p-2. The van der Waals surface area contributed by atoms with Crippen molar-refractivity contribution in [2.24, 2.45) is 0 Å². The van der Waals surface area contributed by atoms with E-state index in [2.05, 4.69) is 54.6 Å². The first-order chi connectivity index (χ1) is 17.3. The van der Waals surface area contributed by atoms with Crippen LogP contribution in [-0.2, 0) is 20.2 Å². The van der Waals surface area contributed by atoms with Crippen LogP contribution in [0.25, 0.3) is 0 Å². The summed E-state index contributed by atoms with van der Waals surface area (Å²) in [5.74, 6) is 0.927. The van der Waals surface area contributed by atoms with Crippen molar-refractivity contribution in [3.05, 3.63) is 95.6 Å². The Labute approximate surface area is 239 Å². The quantitative estimate of drug-likeness (QED) is 0.131. The third kappa shape index (κ3) is 16.3. The molecule has 0 amide bonds. The molecule has 0 fully saturated rings. The zero-order valence-corrected chi connectivity index (χ0v) is 24.9. The molecule has 0 atom stereocenters. The monoisotopic (exact) mass is 814 g/mol. The molecule has 3 rings (SSSR count). The van der Waals surface area contributed by atoms with Crippen LogP contribution in [0.2, 0.25) is 0 Å². The summed E-state index contributed by atoms with van der Waals surface area (Å²) in [6, 6.07) is 29.3. The van der Waals surface area contributed by atoms with E-state index in [0.29, 0.717) is 0 Å². The average molecular weight is 814 g/mol. The maximum absolute atomic E-state index is 10.7. The van der Waals surface area contributed by atoms with E-state index in [0.717, 1.165) is 5.75 Å². The third-order valence-electron chi connectivity index (χ3n) is 3.31. The molecule has 17 heteroatoms. The number of rotatable bonds is 3. The fourth-order valence-corrected chi connectivity index (χ4v) is 4.32. The number of ether oxygens (including phenoxy) is 1. The van der Waals surface area contributed by atoms with Crippen molar-refractivity contribution in [3.8, 4) is 5.75 Å². The molecule has 7 nitrogen and oxygen atoms in total. The maximum atomic E-state index is 10.7. The smallest absolute Gasteiger partial charge is 0.485 e. The summed E-state index contributed by atoms with van der Waals surface area (Å²) in [6.07, 6.45) is 0. The second-order valence-corrected chi connectivity index (χ2v) is 13.3. The first-order valence-electron chi connectivity index (χ1n) is 9.38. The summed E-state index contributed by atoms with van der Waals surface area (Å²) in [4.78, 5) is 0. The minimum Gasteiger partial charge on any atom is -0.741 e. The fourth-order valence-electron chi connectivity index (χ4n) is 1.66. The molecule has 0 aliphatic rings. The number of methoxy groups -OCH3 is 1. The Morgan fingerprint density at radius 2 is 0.974 bits per heavy atom. The predicted octanol–water partition coefficient (Wildman–Crippen LogP) is -1.93. The van der Waals surface area contributed by atoms with Gasteiger partial charge in [0.15, 0.2) is 30.9 Å². The van der Waals surface area contributed by atoms with Gasteiger partial charge in [-0.05, 0) is 48.5 Å². The third-order valence-corrected chi connectivity index (χ3v) is 7.91. The molecule has 212 valence electrons. The van der Waals surface area contributed by atoms with Crippen LogP contribution in [0.15, 0.2) is 84.9 Å². The molecule has 38 heavy (non-hydrogen) atoms. The number of hydrogen-bond acceptors (Lipinski definition) is 7. The van der Waals surface area contributed by atoms with E-state index in [1.165, 1.54) is 10.7 Å². The van der Waals surface area contributed by atoms with Gasteiger partial charge in [-0.25, -0.2) is 16.8 Å². The Hall–Kier alpha value is -1.68. The van der Waals surface area contributed by atoms with Crippen molar-refractivity contribution in [2.45, 2.75) is 11.0 Å². The molecule has 0 spiro atoms. The molecule has 0 saturated carbocycles. The SMILES string of the molecule is COc1ccc([I+]c2ccccc2)cc1.O=S(=O)([O-])C(F)(F)F.O=S(=O)([O-])C(F)(F)F.[IH+]c1ccccc1. The summed E-state index contributed by atoms with van der Waals surface area (Å²) >= 11 is 1.97. The van der Waals surface area contributed by atoms with Gasteiger partial charge in [-0.2, -0.15) is 26.3 Å². The first kappa shape index (κ1) is 36.3. The second-order valence-electron chi connectivity index (χ2n) is 6.16. The van der Waals surface area contributed by atoms with Crippen molar-refractivity contribution in [1.82, 2.24) is 0 Å². The van der Waals surface area contributed by atoms with Crippen LogP contribution in [-0.4, -0.2) is 44.1 Å². The maximum Gasteiger partial charge on any atom is 0.485 e. The van der Waals surface area contributed by atoms with Gasteiger partial charge in [0, 0.05) is 0 Å². The van der Waals surface area contributed by atoms with Crippen molar-refractivity contribution in [2.75, 3.05) is 7.11 Å². The van der Waals surface area contributed by atoms with Crippen LogP contribution in [0.4, 0.5) is 26.3 Å². The van der Waals surface area contributed by atoms with Crippen LogP contribution in [0.3, 0.4) is 0 Å². The van der Waals surface area contributed by atoms with Crippen molar-refractivity contribution < 1.29 is 101 Å². The van der Waals surface area contributed by atoms with E-state index in [9.17, 15) is 26.3 Å². The molecule has 0 aliphatic carbocycles. The zero-order chi connectivity index (χ0) is 29.6. The molecule has 0 N–H and O–H groups in total. The molecular weight excluding hydrogens is 796 g/mol. The normalized spacial score (nSPS) is 11.4. The van der Waals surface area contributed by atoms with Crippen molar-refractivity contribution in [3.63, 3.8) is 0 Å². The number of halogens is 8. The molecule has 0 aliphatic heterocycles. The number of benzene rings is 3. The van der Waals surface area contributed by atoms with E-state index >= 15 is 0 Å². The highest BCUT2D eigenvalue weighted by molar-refractivity contribution is 7.86. The van der Waals surface area contributed by atoms with Gasteiger partial charge in [-0.15, -0.1) is 0 Å². The Morgan fingerprint density at radius 3 is 1.24 bits per heavy atom. The van der Waals surface area contributed by atoms with E-state index in [4.69, 9.17) is 30.7 Å². The van der Waals surface area contributed by atoms with Gasteiger partial charge in [0.05, 0.1) is 7.11 Å². The molecular formula is C21H18F6I2O7S2. The lowest BCUT2D eigenvalue weighted by molar-refractivity contribution is -0.597. The lowest BCUT2D eigenvalue weighted by Gasteiger charge is -2.08. The van der Waals surface area contributed by atoms with E-state index in [1.54, 1.807) is 7.11 Å². The summed E-state index contributed by atoms with van der Waals surface area (Å²) in [5.41, 5.74) is -11.3. The van der Waals surface area contributed by atoms with Gasteiger partial charge < -0.3 is 13.8 Å². The van der Waals surface area contributed by atoms with Crippen LogP contribution >= 0.6 is 0 Å². The van der Waals surface area contributed by atoms with E-state index in [1.807, 2.05) is 52.9 Å². The van der Waals surface area contributed by atoms with Crippen LogP contribution in [0.1, 0.15) is 0 Å². The van der Waals surface area contributed by atoms with E-state index < -0.39 is 31.3 Å². The number of alkyl halides is 6. The van der Waals surface area contributed by atoms with Crippen LogP contribution in [0, 0.1) is 10.7 Å². The molecule has 3 aromatic carbocycles. The minimum absolute atomic E-state index is 0.0449. The Bertz CT molecular complexity index is 1250. The number of hydrogen-bond donors (Lipinski definition) is 0. The lowest BCUT2D eigenvalue weighted by atomic mass is 10.3. The largest absolute Gasteiger partial charge is 0.741 e. The highest BCUT2D eigenvalue weighted by Gasteiger charge is 2.37. The summed E-state index contributed by atoms with van der Waals surface area (Å²) in [7, 11) is -10.5. The highest BCUT2D eigenvalue weighted by atomic mass is 127. The predicted molar refractivity (Wildman–Crippen MR) is 115 cm³/mol. The molecule has 3 aromatic rings. The molecule has 0 unspecified atom stereocenters. The first-order valence-corrected chi connectivity index (χ1v) is 15.5. The average Bonchev–Trinajstić information content (AvgIpc) is 2.79. The highest BCUT2D eigenvalue weighted by Crippen LogP contribution is 2.21. The summed E-state index contributed by atoms with van der Waals surface area (Å²) in [5, 5.41) is 0. The van der Waals surface area contributed by atoms with E-state index in [-0.39, 0.29) is 21.2 Å².